The summed E-state index contributed by atoms with van der Waals surface area (Å²) in [5.74, 6) is 0. The monoisotopic (exact) mass is 831 g/mol. The Hall–Kier alpha value is -8.46. The van der Waals surface area contributed by atoms with E-state index in [4.69, 9.17) is 11.0 Å². The van der Waals surface area contributed by atoms with Crippen LogP contribution in [0.3, 0.4) is 0 Å². The molecule has 1 heterocycles. The van der Waals surface area contributed by atoms with E-state index in [1.54, 1.807) is 0 Å². The molecule has 0 aliphatic carbocycles. The summed E-state index contributed by atoms with van der Waals surface area (Å²) in [7, 11) is 0. The van der Waals surface area contributed by atoms with Crippen LogP contribution < -0.4 is 4.90 Å². The summed E-state index contributed by atoms with van der Waals surface area (Å²) >= 11 is 0. The Kier molecular flexibility index (Phi) is 10.3. The Bertz CT molecular complexity index is 3620. The van der Waals surface area contributed by atoms with Crippen molar-refractivity contribution in [1.82, 2.24) is 0 Å². The number of para-hydroxylation sites is 1. The van der Waals surface area contributed by atoms with Gasteiger partial charge in [-0.1, -0.05) is 201 Å². The lowest BCUT2D eigenvalue weighted by Crippen LogP contribution is -2.17. The molecule has 0 unspecified atom stereocenters. The lowest BCUT2D eigenvalue weighted by molar-refractivity contribution is 0.669. The van der Waals surface area contributed by atoms with Crippen LogP contribution in [0, 0.1) is 0 Å². The van der Waals surface area contributed by atoms with Crippen molar-refractivity contribution in [2.75, 3.05) is 4.90 Å². The van der Waals surface area contributed by atoms with Gasteiger partial charge in [-0.2, -0.15) is 0 Å². The van der Waals surface area contributed by atoms with Crippen molar-refractivity contribution in [2.24, 2.45) is 0 Å². The summed E-state index contributed by atoms with van der Waals surface area (Å²) < 4.78 is 6.34. The van der Waals surface area contributed by atoms with Gasteiger partial charge in [0.1, 0.15) is 11.2 Å². The van der Waals surface area contributed by atoms with Crippen molar-refractivity contribution in [3.8, 4) is 33.4 Å². The molecule has 308 valence electrons. The zero-order valence-corrected chi connectivity index (χ0v) is 36.2. The normalized spacial score (nSPS) is 12.0. The zero-order chi connectivity index (χ0) is 43.7. The van der Waals surface area contributed by atoms with Gasteiger partial charge < -0.3 is 9.32 Å². The number of nitrogens with zero attached hydrogens (tertiary/aromatic N) is 1. The number of hydrogen-bond acceptors (Lipinski definition) is 2. The molecule has 11 rings (SSSR count). The Morgan fingerprint density at radius 3 is 1.89 bits per heavy atom. The highest BCUT2D eigenvalue weighted by atomic mass is 16.3. The van der Waals surface area contributed by atoms with E-state index >= 15 is 0 Å². The van der Waals surface area contributed by atoms with Crippen molar-refractivity contribution < 1.29 is 4.42 Å². The van der Waals surface area contributed by atoms with E-state index in [9.17, 15) is 0 Å². The maximum Gasteiger partial charge on any atom is 0.136 e. The number of fused-ring (bicyclic) bond motifs is 5. The number of allylic oxidation sites excluding steroid dienone is 4. The lowest BCUT2D eigenvalue weighted by Gasteiger charge is -2.29. The third-order valence-electron chi connectivity index (χ3n) is 12.6. The molecule has 11 aromatic rings. The first-order valence-electron chi connectivity index (χ1n) is 22.2. The molecule has 0 spiro atoms. The van der Waals surface area contributed by atoms with E-state index in [1.165, 1.54) is 43.8 Å². The zero-order valence-electron chi connectivity index (χ0n) is 36.2. The van der Waals surface area contributed by atoms with Crippen LogP contribution in [0.2, 0.25) is 0 Å². The molecular weight excluding hydrogens is 787 g/mol. The van der Waals surface area contributed by atoms with Gasteiger partial charge in [0.2, 0.25) is 0 Å². The number of furan rings is 1. The third kappa shape index (κ3) is 7.62. The minimum Gasteiger partial charge on any atom is -0.456 e. The van der Waals surface area contributed by atoms with Crippen molar-refractivity contribution >= 4 is 66.0 Å². The largest absolute Gasteiger partial charge is 0.456 e. The molecule has 1 aromatic heterocycles. The summed E-state index contributed by atoms with van der Waals surface area (Å²) in [6.45, 7) is 7.12. The molecule has 2 heteroatoms. The van der Waals surface area contributed by atoms with Crippen LogP contribution >= 0.6 is 0 Å². The molecule has 0 atom stereocenters. The minimum atomic E-state index is 0.855. The van der Waals surface area contributed by atoms with Gasteiger partial charge in [0.05, 0.1) is 0 Å². The number of benzene rings is 10. The van der Waals surface area contributed by atoms with E-state index < -0.39 is 0 Å². The highest BCUT2D eigenvalue weighted by Crippen LogP contribution is 2.42. The maximum atomic E-state index is 6.34. The second-order valence-electron chi connectivity index (χ2n) is 16.6. The van der Waals surface area contributed by atoms with Gasteiger partial charge in [-0.3, -0.25) is 0 Å². The summed E-state index contributed by atoms with van der Waals surface area (Å²) in [5, 5.41) is 7.16. The molecule has 0 saturated carbocycles. The van der Waals surface area contributed by atoms with E-state index in [2.05, 4.69) is 242 Å². The number of rotatable bonds is 10. The highest BCUT2D eigenvalue weighted by molar-refractivity contribution is 6.12. The predicted molar refractivity (Wildman–Crippen MR) is 277 cm³/mol. The van der Waals surface area contributed by atoms with E-state index in [0.29, 0.717) is 0 Å². The molecule has 2 nitrogen and oxygen atoms in total. The van der Waals surface area contributed by atoms with E-state index in [0.717, 1.165) is 72.4 Å². The first kappa shape index (κ1) is 39.4. The number of anilines is 2. The van der Waals surface area contributed by atoms with Crippen LogP contribution in [0.4, 0.5) is 11.4 Å². The number of hydrogen-bond donors (Lipinski definition) is 0. The molecule has 0 bridgehead atoms. The smallest absolute Gasteiger partial charge is 0.136 e. The molecule has 0 N–H and O–H groups in total. The third-order valence-corrected chi connectivity index (χ3v) is 12.6. The topological polar surface area (TPSA) is 16.4 Å². The second-order valence-corrected chi connectivity index (χ2v) is 16.6. The Morgan fingerprint density at radius 2 is 1.05 bits per heavy atom. The molecule has 0 saturated heterocycles. The minimum absolute atomic E-state index is 0.855. The van der Waals surface area contributed by atoms with E-state index in [-0.39, 0.29) is 0 Å². The fraction of sp³-hybridized carbons (Fsp3) is 0.0159. The van der Waals surface area contributed by atoms with Gasteiger partial charge in [0.15, 0.2) is 0 Å². The van der Waals surface area contributed by atoms with Crippen molar-refractivity contribution in [3.63, 3.8) is 0 Å². The molecule has 65 heavy (non-hydrogen) atoms. The predicted octanol–water partition coefficient (Wildman–Crippen LogP) is 17.7. The van der Waals surface area contributed by atoms with Gasteiger partial charge in [0.25, 0.3) is 0 Å². The Balaban J connectivity index is 1.03. The van der Waals surface area contributed by atoms with Gasteiger partial charge in [0, 0.05) is 33.4 Å². The van der Waals surface area contributed by atoms with Crippen LogP contribution in [-0.4, -0.2) is 0 Å². The van der Waals surface area contributed by atoms with Gasteiger partial charge in [-0.15, -0.1) is 0 Å². The molecule has 0 radical (unpaired) electrons. The average molecular weight is 832 g/mol. The quantitative estimate of drug-likeness (QED) is 0.128. The Labute approximate surface area is 380 Å². The summed E-state index contributed by atoms with van der Waals surface area (Å²) in [6.07, 6.45) is 4.47. The average Bonchev–Trinajstić information content (AvgIpc) is 3.76. The van der Waals surface area contributed by atoms with Crippen LogP contribution in [-0.2, 0) is 0 Å². The Morgan fingerprint density at radius 1 is 0.431 bits per heavy atom. The molecule has 10 aromatic carbocycles. The fourth-order valence-electron chi connectivity index (χ4n) is 9.30. The van der Waals surface area contributed by atoms with Gasteiger partial charge in [-0.25, -0.2) is 0 Å². The SMILES string of the molecule is C=C(/C(=C\C=C(/C)c1cccc2ccccc12)c1ccccc1)N(c1ccc(-c2cccc(-c3ccc4ccccc4c3)c2)cc1)c1cccc(-c2cccc3oc4ccccc4c23)c1. The fourth-order valence-corrected chi connectivity index (χ4v) is 9.30. The molecular formula is C63H45NO. The lowest BCUT2D eigenvalue weighted by atomic mass is 9.96. The molecule has 0 fully saturated rings. The molecule has 0 aliphatic heterocycles. The van der Waals surface area contributed by atoms with Crippen LogP contribution in [0.5, 0.6) is 0 Å². The van der Waals surface area contributed by atoms with E-state index in [1.807, 2.05) is 12.1 Å². The van der Waals surface area contributed by atoms with Gasteiger partial charge >= 0.3 is 0 Å². The first-order chi connectivity index (χ1) is 32.1. The van der Waals surface area contributed by atoms with Crippen LogP contribution in [0.25, 0.3) is 88.0 Å². The second kappa shape index (κ2) is 17.0. The van der Waals surface area contributed by atoms with Crippen LogP contribution in [0.15, 0.2) is 259 Å². The molecule has 0 aliphatic rings. The van der Waals surface area contributed by atoms with Gasteiger partial charge in [-0.05, 0) is 127 Å². The first-order valence-corrected chi connectivity index (χ1v) is 22.2. The molecule has 0 amide bonds. The summed E-state index contributed by atoms with van der Waals surface area (Å²) in [5.41, 5.74) is 16.0. The standard InChI is InChI=1S/C63H45NO/c1-43(56-28-14-21-48-19-8-9-26-58(48)56)32-39-57(47-17-4-3-5-18-47)44(2)64(55-25-13-24-53(42-55)59-29-15-31-62-63(59)60-27-10-11-30-61(60)65-62)54-37-35-46(36-38-54)50-22-12-23-51(40-50)52-34-33-45-16-6-7-20-49(45)41-52/h3-42H,2H2,1H3/b43-32+,57-39+. The summed E-state index contributed by atoms with van der Waals surface area (Å²) in [6, 6.07) is 82.1. The summed E-state index contributed by atoms with van der Waals surface area (Å²) in [4.78, 5) is 2.30. The van der Waals surface area contributed by atoms with Crippen molar-refractivity contribution in [1.29, 1.82) is 0 Å². The highest BCUT2D eigenvalue weighted by Gasteiger charge is 2.20. The van der Waals surface area contributed by atoms with Crippen LogP contribution in [0.1, 0.15) is 18.1 Å². The maximum absolute atomic E-state index is 6.34. The van der Waals surface area contributed by atoms with Crippen molar-refractivity contribution in [3.05, 3.63) is 266 Å². The van der Waals surface area contributed by atoms with Crippen molar-refractivity contribution in [2.45, 2.75) is 6.92 Å².